The zero-order chi connectivity index (χ0) is 12.6. The fraction of sp³-hybridized carbons (Fsp3) is 0.900. The van der Waals surface area contributed by atoms with Gasteiger partial charge in [0.25, 0.3) is 0 Å². The van der Waals surface area contributed by atoms with E-state index in [-0.39, 0.29) is 18.9 Å². The molecule has 0 rings (SSSR count). The molecular formula is C10H19F3N2O. The summed E-state index contributed by atoms with van der Waals surface area (Å²) in [4.78, 5) is 13.1. The van der Waals surface area contributed by atoms with Gasteiger partial charge in [-0.05, 0) is 13.8 Å². The van der Waals surface area contributed by atoms with Gasteiger partial charge < -0.3 is 10.2 Å². The predicted octanol–water partition coefficient (Wildman–Crippen LogP) is 1.79. The highest BCUT2D eigenvalue weighted by atomic mass is 19.4. The third kappa shape index (κ3) is 7.50. The molecule has 0 fully saturated rings. The van der Waals surface area contributed by atoms with E-state index in [1.807, 2.05) is 13.8 Å². The minimum absolute atomic E-state index is 0.0236. The first-order chi connectivity index (χ1) is 7.40. The fourth-order valence-electron chi connectivity index (χ4n) is 1.28. The summed E-state index contributed by atoms with van der Waals surface area (Å²) in [6.45, 7) is 5.19. The molecule has 0 aromatic carbocycles. The molecule has 0 aliphatic carbocycles. The first-order valence-electron chi connectivity index (χ1n) is 5.46. The summed E-state index contributed by atoms with van der Waals surface area (Å²) in [6, 6.07) is 0. The van der Waals surface area contributed by atoms with Gasteiger partial charge in [-0.2, -0.15) is 13.2 Å². The summed E-state index contributed by atoms with van der Waals surface area (Å²) in [6.07, 6.45) is -4.73. The van der Waals surface area contributed by atoms with Crippen molar-refractivity contribution >= 4 is 5.91 Å². The van der Waals surface area contributed by atoms with E-state index in [4.69, 9.17) is 0 Å². The Morgan fingerprint density at radius 2 is 1.75 bits per heavy atom. The Bertz CT molecular complexity index is 203. The Kier molecular flexibility index (Phi) is 7.12. The lowest BCUT2D eigenvalue weighted by Crippen LogP contribution is -2.33. The quantitative estimate of drug-likeness (QED) is 0.688. The average Bonchev–Trinajstić information content (AvgIpc) is 2.17. The molecule has 0 heterocycles. The number of halogens is 3. The summed E-state index contributed by atoms with van der Waals surface area (Å²) in [7, 11) is 0. The average molecular weight is 240 g/mol. The molecule has 16 heavy (non-hydrogen) atoms. The first-order valence-corrected chi connectivity index (χ1v) is 5.46. The molecule has 3 nitrogen and oxygen atoms in total. The van der Waals surface area contributed by atoms with Crippen molar-refractivity contribution in [2.45, 2.75) is 32.9 Å². The van der Waals surface area contributed by atoms with Crippen LogP contribution in [0.4, 0.5) is 13.2 Å². The molecule has 0 spiro atoms. The Morgan fingerprint density at radius 1 is 1.19 bits per heavy atom. The smallest absolute Gasteiger partial charge is 0.343 e. The van der Waals surface area contributed by atoms with E-state index in [0.29, 0.717) is 19.6 Å². The van der Waals surface area contributed by atoms with E-state index in [0.717, 1.165) is 0 Å². The summed E-state index contributed by atoms with van der Waals surface area (Å²) >= 11 is 0. The van der Waals surface area contributed by atoms with Gasteiger partial charge >= 0.3 is 6.18 Å². The van der Waals surface area contributed by atoms with Crippen LogP contribution in [0.25, 0.3) is 0 Å². The third-order valence-electron chi connectivity index (χ3n) is 2.22. The van der Waals surface area contributed by atoms with E-state index >= 15 is 0 Å². The van der Waals surface area contributed by atoms with Gasteiger partial charge in [0.1, 0.15) is 0 Å². The van der Waals surface area contributed by atoms with Crippen molar-refractivity contribution in [2.24, 2.45) is 0 Å². The number of rotatable bonds is 7. The maximum absolute atomic E-state index is 11.8. The van der Waals surface area contributed by atoms with E-state index < -0.39 is 12.6 Å². The standard InChI is InChI=1S/C10H19F3N2O/c1-3-15(4-2)9(16)5-7-14-8-6-10(11,12)13/h14H,3-8H2,1-2H3. The summed E-state index contributed by atoms with van der Waals surface area (Å²) in [5, 5.41) is 2.61. The number of carbonyl (C=O) groups is 1. The van der Waals surface area contributed by atoms with Crippen LogP contribution in [0.15, 0.2) is 0 Å². The number of carbonyl (C=O) groups excluding carboxylic acids is 1. The van der Waals surface area contributed by atoms with Crippen LogP contribution in [0, 0.1) is 0 Å². The molecule has 1 N–H and O–H groups in total. The van der Waals surface area contributed by atoms with Gasteiger partial charge in [-0.3, -0.25) is 4.79 Å². The van der Waals surface area contributed by atoms with Crippen molar-refractivity contribution in [3.05, 3.63) is 0 Å². The fourth-order valence-corrected chi connectivity index (χ4v) is 1.28. The van der Waals surface area contributed by atoms with E-state index in [9.17, 15) is 18.0 Å². The third-order valence-corrected chi connectivity index (χ3v) is 2.22. The lowest BCUT2D eigenvalue weighted by molar-refractivity contribution is -0.133. The molecule has 0 bridgehead atoms. The zero-order valence-corrected chi connectivity index (χ0v) is 9.73. The van der Waals surface area contributed by atoms with Gasteiger partial charge in [-0.15, -0.1) is 0 Å². The molecule has 0 atom stereocenters. The molecule has 1 amide bonds. The number of nitrogens with one attached hydrogen (secondary N) is 1. The van der Waals surface area contributed by atoms with E-state index in [2.05, 4.69) is 5.32 Å². The van der Waals surface area contributed by atoms with Gasteiger partial charge in [0.15, 0.2) is 0 Å². The van der Waals surface area contributed by atoms with Crippen LogP contribution in [-0.2, 0) is 4.79 Å². The second-order valence-electron chi connectivity index (χ2n) is 3.43. The Morgan fingerprint density at radius 3 is 2.19 bits per heavy atom. The number of hydrogen-bond acceptors (Lipinski definition) is 2. The SMILES string of the molecule is CCN(CC)C(=O)CCNCCC(F)(F)F. The number of hydrogen-bond donors (Lipinski definition) is 1. The van der Waals surface area contributed by atoms with Crippen molar-refractivity contribution < 1.29 is 18.0 Å². The predicted molar refractivity (Wildman–Crippen MR) is 56.1 cm³/mol. The Hall–Kier alpha value is -0.780. The van der Waals surface area contributed by atoms with Crippen LogP contribution in [-0.4, -0.2) is 43.2 Å². The highest BCUT2D eigenvalue weighted by Gasteiger charge is 2.25. The Labute approximate surface area is 94.0 Å². The molecule has 0 aromatic heterocycles. The van der Waals surface area contributed by atoms with Crippen LogP contribution in [0.2, 0.25) is 0 Å². The second kappa shape index (κ2) is 7.49. The molecule has 0 aliphatic heterocycles. The van der Waals surface area contributed by atoms with Crippen molar-refractivity contribution in [3.8, 4) is 0 Å². The summed E-state index contributed by atoms with van der Waals surface area (Å²) < 4.78 is 35.3. The van der Waals surface area contributed by atoms with Crippen molar-refractivity contribution in [1.82, 2.24) is 10.2 Å². The highest BCUT2D eigenvalue weighted by molar-refractivity contribution is 5.76. The maximum Gasteiger partial charge on any atom is 0.390 e. The topological polar surface area (TPSA) is 32.3 Å². The molecule has 0 unspecified atom stereocenters. The van der Waals surface area contributed by atoms with Crippen molar-refractivity contribution in [1.29, 1.82) is 0 Å². The largest absolute Gasteiger partial charge is 0.390 e. The molecular weight excluding hydrogens is 221 g/mol. The van der Waals surface area contributed by atoms with Crippen LogP contribution >= 0.6 is 0 Å². The molecule has 0 aliphatic rings. The maximum atomic E-state index is 11.8. The Balaban J connectivity index is 3.55. The van der Waals surface area contributed by atoms with E-state index in [1.165, 1.54) is 0 Å². The van der Waals surface area contributed by atoms with Gasteiger partial charge in [0, 0.05) is 32.6 Å². The van der Waals surface area contributed by atoms with Crippen molar-refractivity contribution in [3.63, 3.8) is 0 Å². The van der Waals surface area contributed by atoms with Gasteiger partial charge in [-0.25, -0.2) is 0 Å². The minimum Gasteiger partial charge on any atom is -0.343 e. The lowest BCUT2D eigenvalue weighted by Gasteiger charge is -2.18. The first kappa shape index (κ1) is 15.2. The van der Waals surface area contributed by atoms with Gasteiger partial charge in [-0.1, -0.05) is 0 Å². The molecule has 0 saturated heterocycles. The molecule has 0 saturated carbocycles. The minimum atomic E-state index is -4.13. The molecule has 6 heteroatoms. The number of alkyl halides is 3. The summed E-state index contributed by atoms with van der Waals surface area (Å²) in [5.74, 6) is -0.0236. The summed E-state index contributed by atoms with van der Waals surface area (Å²) in [5.41, 5.74) is 0. The lowest BCUT2D eigenvalue weighted by atomic mass is 10.3. The monoisotopic (exact) mass is 240 g/mol. The van der Waals surface area contributed by atoms with Crippen LogP contribution < -0.4 is 5.32 Å². The molecule has 96 valence electrons. The normalized spacial score (nSPS) is 11.6. The van der Waals surface area contributed by atoms with Crippen LogP contribution in [0.5, 0.6) is 0 Å². The molecule has 0 aromatic rings. The second-order valence-corrected chi connectivity index (χ2v) is 3.43. The van der Waals surface area contributed by atoms with Crippen LogP contribution in [0.1, 0.15) is 26.7 Å². The highest BCUT2D eigenvalue weighted by Crippen LogP contribution is 2.17. The van der Waals surface area contributed by atoms with Crippen molar-refractivity contribution in [2.75, 3.05) is 26.2 Å². The molecule has 0 radical (unpaired) electrons. The zero-order valence-electron chi connectivity index (χ0n) is 9.73. The van der Waals surface area contributed by atoms with Crippen LogP contribution in [0.3, 0.4) is 0 Å². The number of nitrogens with zero attached hydrogens (tertiary/aromatic N) is 1. The van der Waals surface area contributed by atoms with Gasteiger partial charge in [0.05, 0.1) is 6.42 Å². The van der Waals surface area contributed by atoms with E-state index in [1.54, 1.807) is 4.90 Å². The number of amides is 1. The van der Waals surface area contributed by atoms with Gasteiger partial charge in [0.2, 0.25) is 5.91 Å².